The van der Waals surface area contributed by atoms with Crippen LogP contribution in [0.1, 0.15) is 46.4 Å². The molecule has 148 valence electrons. The van der Waals surface area contributed by atoms with Gasteiger partial charge in [-0.2, -0.15) is 0 Å². The Morgan fingerprint density at radius 1 is 0.893 bits per heavy atom. The quantitative estimate of drug-likeness (QED) is 0.688. The third kappa shape index (κ3) is 5.49. The Bertz CT molecular complexity index is 781. The number of hydrogen-bond donors (Lipinski definition) is 2. The summed E-state index contributed by atoms with van der Waals surface area (Å²) in [5.41, 5.74) is 1.09. The molecule has 0 atom stereocenters. The first-order chi connectivity index (χ1) is 13.7. The molecule has 6 heteroatoms. The maximum absolute atomic E-state index is 12.2. The average Bonchev–Trinajstić information content (AvgIpc) is 3.24. The van der Waals surface area contributed by atoms with E-state index >= 15 is 0 Å². The van der Waals surface area contributed by atoms with Crippen molar-refractivity contribution < 1.29 is 19.1 Å². The Morgan fingerprint density at radius 3 is 2.07 bits per heavy atom. The molecular formula is C22H26N2O4. The number of rotatable bonds is 8. The van der Waals surface area contributed by atoms with Crippen LogP contribution >= 0.6 is 0 Å². The van der Waals surface area contributed by atoms with Crippen molar-refractivity contribution in [3.05, 3.63) is 59.7 Å². The Hall–Kier alpha value is -3.02. The summed E-state index contributed by atoms with van der Waals surface area (Å²) in [4.78, 5) is 24.4. The highest BCUT2D eigenvalue weighted by atomic mass is 16.5. The van der Waals surface area contributed by atoms with Crippen LogP contribution in [0.15, 0.2) is 48.5 Å². The number of hydrogen-bond acceptors (Lipinski definition) is 4. The highest BCUT2D eigenvalue weighted by Crippen LogP contribution is 2.18. The molecule has 28 heavy (non-hydrogen) atoms. The van der Waals surface area contributed by atoms with Gasteiger partial charge in [-0.1, -0.05) is 12.8 Å². The molecule has 0 saturated heterocycles. The largest absolute Gasteiger partial charge is 0.497 e. The Morgan fingerprint density at radius 2 is 1.46 bits per heavy atom. The van der Waals surface area contributed by atoms with Crippen LogP contribution in [0.2, 0.25) is 0 Å². The number of ether oxygens (including phenoxy) is 2. The molecule has 0 unspecified atom stereocenters. The number of methoxy groups -OCH3 is 1. The number of carbonyl (C=O) groups is 2. The molecule has 0 radical (unpaired) electrons. The molecule has 0 aliphatic heterocycles. The summed E-state index contributed by atoms with van der Waals surface area (Å²) in [6.45, 7) is 0.745. The third-order valence-electron chi connectivity index (χ3n) is 4.82. The summed E-state index contributed by atoms with van der Waals surface area (Å²) < 4.78 is 10.7. The monoisotopic (exact) mass is 382 g/mol. The molecule has 3 rings (SSSR count). The van der Waals surface area contributed by atoms with E-state index in [1.807, 2.05) is 24.3 Å². The smallest absolute Gasteiger partial charge is 0.251 e. The standard InChI is InChI=1S/C22H26N2O4/c1-27-19-10-12-20(13-11-19)28-15-14-23-21(25)16-6-8-17(9-7-16)22(26)24-18-4-2-3-5-18/h6-13,18H,2-5,14-15H2,1H3,(H,23,25)(H,24,26). The molecule has 1 aliphatic carbocycles. The van der Waals surface area contributed by atoms with Gasteiger partial charge in [0.2, 0.25) is 0 Å². The van der Waals surface area contributed by atoms with Crippen LogP contribution in [0.25, 0.3) is 0 Å². The maximum atomic E-state index is 12.2. The highest BCUT2D eigenvalue weighted by Gasteiger charge is 2.18. The van der Waals surface area contributed by atoms with Gasteiger partial charge in [-0.3, -0.25) is 9.59 Å². The fraction of sp³-hybridized carbons (Fsp3) is 0.364. The predicted octanol–water partition coefficient (Wildman–Crippen LogP) is 3.18. The van der Waals surface area contributed by atoms with E-state index in [1.165, 1.54) is 12.8 Å². The van der Waals surface area contributed by atoms with Crippen molar-refractivity contribution in [2.45, 2.75) is 31.7 Å². The number of nitrogens with one attached hydrogen (secondary N) is 2. The lowest BCUT2D eigenvalue weighted by Crippen LogP contribution is -2.32. The van der Waals surface area contributed by atoms with E-state index in [2.05, 4.69) is 10.6 Å². The zero-order chi connectivity index (χ0) is 19.8. The van der Waals surface area contributed by atoms with Crippen LogP contribution in [0.4, 0.5) is 0 Å². The first kappa shape index (κ1) is 19.7. The summed E-state index contributed by atoms with van der Waals surface area (Å²) in [5.74, 6) is 1.21. The molecule has 1 aliphatic rings. The van der Waals surface area contributed by atoms with Crippen LogP contribution in [0.3, 0.4) is 0 Å². The molecule has 2 aromatic rings. The minimum Gasteiger partial charge on any atom is -0.497 e. The highest BCUT2D eigenvalue weighted by molar-refractivity contribution is 5.97. The first-order valence-corrected chi connectivity index (χ1v) is 9.61. The second kappa shape index (κ2) is 9.78. The van der Waals surface area contributed by atoms with Gasteiger partial charge in [0.05, 0.1) is 13.7 Å². The minimum atomic E-state index is -0.193. The average molecular weight is 382 g/mol. The van der Waals surface area contributed by atoms with Gasteiger partial charge in [-0.25, -0.2) is 0 Å². The molecule has 2 aromatic carbocycles. The van der Waals surface area contributed by atoms with Gasteiger partial charge in [0, 0.05) is 17.2 Å². The van der Waals surface area contributed by atoms with E-state index in [0.717, 1.165) is 18.6 Å². The van der Waals surface area contributed by atoms with E-state index < -0.39 is 0 Å². The zero-order valence-electron chi connectivity index (χ0n) is 16.1. The van der Waals surface area contributed by atoms with Gasteiger partial charge in [-0.05, 0) is 61.4 Å². The van der Waals surface area contributed by atoms with Crippen molar-refractivity contribution in [3.8, 4) is 11.5 Å². The predicted molar refractivity (Wildman–Crippen MR) is 107 cm³/mol. The lowest BCUT2D eigenvalue weighted by molar-refractivity contribution is 0.0929. The van der Waals surface area contributed by atoms with Crippen LogP contribution < -0.4 is 20.1 Å². The Labute approximate surface area is 165 Å². The van der Waals surface area contributed by atoms with Crippen LogP contribution in [0, 0.1) is 0 Å². The third-order valence-corrected chi connectivity index (χ3v) is 4.82. The fourth-order valence-corrected chi connectivity index (χ4v) is 3.22. The van der Waals surface area contributed by atoms with Gasteiger partial charge >= 0.3 is 0 Å². The second-order valence-electron chi connectivity index (χ2n) is 6.81. The molecule has 2 N–H and O–H groups in total. The molecular weight excluding hydrogens is 356 g/mol. The molecule has 2 amide bonds. The van der Waals surface area contributed by atoms with E-state index in [9.17, 15) is 9.59 Å². The van der Waals surface area contributed by atoms with Crippen molar-refractivity contribution in [1.82, 2.24) is 10.6 Å². The molecule has 0 bridgehead atoms. The number of amides is 2. The van der Waals surface area contributed by atoms with E-state index in [1.54, 1.807) is 31.4 Å². The first-order valence-electron chi connectivity index (χ1n) is 9.61. The van der Waals surface area contributed by atoms with Crippen molar-refractivity contribution in [1.29, 1.82) is 0 Å². The summed E-state index contributed by atoms with van der Waals surface area (Å²) in [6.07, 6.45) is 4.44. The van der Waals surface area contributed by atoms with Crippen molar-refractivity contribution >= 4 is 11.8 Å². The molecule has 0 aromatic heterocycles. The molecule has 1 saturated carbocycles. The normalized spacial score (nSPS) is 13.8. The Balaban J connectivity index is 1.41. The topological polar surface area (TPSA) is 76.7 Å². The van der Waals surface area contributed by atoms with E-state index in [0.29, 0.717) is 30.0 Å². The lowest BCUT2D eigenvalue weighted by Gasteiger charge is -2.12. The van der Waals surface area contributed by atoms with Crippen molar-refractivity contribution in [2.24, 2.45) is 0 Å². The van der Waals surface area contributed by atoms with Gasteiger partial charge < -0.3 is 20.1 Å². The van der Waals surface area contributed by atoms with E-state index in [4.69, 9.17) is 9.47 Å². The zero-order valence-corrected chi connectivity index (χ0v) is 16.1. The molecule has 6 nitrogen and oxygen atoms in total. The summed E-state index contributed by atoms with van der Waals surface area (Å²) in [7, 11) is 1.61. The van der Waals surface area contributed by atoms with Gasteiger partial charge in [0.1, 0.15) is 18.1 Å². The van der Waals surface area contributed by atoms with Crippen molar-refractivity contribution in [3.63, 3.8) is 0 Å². The lowest BCUT2D eigenvalue weighted by atomic mass is 10.1. The molecule has 1 fully saturated rings. The minimum absolute atomic E-state index is 0.0771. The fourth-order valence-electron chi connectivity index (χ4n) is 3.22. The summed E-state index contributed by atoms with van der Waals surface area (Å²) in [6, 6.07) is 14.3. The second-order valence-corrected chi connectivity index (χ2v) is 6.81. The molecule has 0 spiro atoms. The van der Waals surface area contributed by atoms with Crippen LogP contribution in [-0.2, 0) is 0 Å². The van der Waals surface area contributed by atoms with Crippen LogP contribution in [0.5, 0.6) is 11.5 Å². The number of benzene rings is 2. The maximum Gasteiger partial charge on any atom is 0.251 e. The van der Waals surface area contributed by atoms with Gasteiger partial charge in [0.15, 0.2) is 0 Å². The van der Waals surface area contributed by atoms with Crippen LogP contribution in [-0.4, -0.2) is 38.1 Å². The van der Waals surface area contributed by atoms with Crippen molar-refractivity contribution in [2.75, 3.05) is 20.3 Å². The summed E-state index contributed by atoms with van der Waals surface area (Å²) in [5, 5.41) is 5.85. The number of carbonyl (C=O) groups excluding carboxylic acids is 2. The SMILES string of the molecule is COc1ccc(OCCNC(=O)c2ccc(C(=O)NC3CCCC3)cc2)cc1. The van der Waals surface area contributed by atoms with E-state index in [-0.39, 0.29) is 17.9 Å². The molecule has 0 heterocycles. The Kier molecular flexibility index (Phi) is 6.89. The van der Waals surface area contributed by atoms with Gasteiger partial charge in [-0.15, -0.1) is 0 Å². The van der Waals surface area contributed by atoms with Gasteiger partial charge in [0.25, 0.3) is 11.8 Å². The summed E-state index contributed by atoms with van der Waals surface area (Å²) >= 11 is 0.